The minimum Gasteiger partial charge on any atom is -0.492 e. The summed E-state index contributed by atoms with van der Waals surface area (Å²) in [6.45, 7) is 2.05. The van der Waals surface area contributed by atoms with E-state index in [1.807, 2.05) is 0 Å². The van der Waals surface area contributed by atoms with E-state index >= 15 is 0 Å². The maximum Gasteiger partial charge on any atom is 0.231 e. The van der Waals surface area contributed by atoms with Crippen LogP contribution < -0.4 is 14.2 Å². The Morgan fingerprint density at radius 1 is 1.41 bits per heavy atom. The molecule has 5 nitrogen and oxygen atoms in total. The van der Waals surface area contributed by atoms with Crippen LogP contribution in [-0.4, -0.2) is 37.2 Å². The van der Waals surface area contributed by atoms with Crippen molar-refractivity contribution in [3.63, 3.8) is 0 Å². The Morgan fingerprint density at radius 2 is 2.32 bits per heavy atom. The van der Waals surface area contributed by atoms with Gasteiger partial charge < -0.3 is 14.2 Å². The highest BCUT2D eigenvalue weighted by Crippen LogP contribution is 2.56. The van der Waals surface area contributed by atoms with Gasteiger partial charge in [-0.1, -0.05) is 6.08 Å². The summed E-state index contributed by atoms with van der Waals surface area (Å²) in [5.74, 6) is 2.49. The van der Waals surface area contributed by atoms with Crippen LogP contribution in [0.5, 0.6) is 17.2 Å². The third-order valence-electron chi connectivity index (χ3n) is 5.60. The van der Waals surface area contributed by atoms with Gasteiger partial charge in [-0.2, -0.15) is 0 Å². The molecule has 1 aromatic carbocycles. The van der Waals surface area contributed by atoms with Gasteiger partial charge in [-0.3, -0.25) is 9.69 Å². The molecule has 3 atom stereocenters. The van der Waals surface area contributed by atoms with Gasteiger partial charge in [0.05, 0.1) is 7.11 Å². The zero-order valence-corrected chi connectivity index (χ0v) is 12.4. The molecule has 0 N–H and O–H groups in total. The number of allylic oxidation sites excluding steroid dienone is 1. The molecule has 5 heteroatoms. The van der Waals surface area contributed by atoms with E-state index in [2.05, 4.69) is 17.0 Å². The first kappa shape index (κ1) is 12.5. The molecular formula is C17H17NO4. The van der Waals surface area contributed by atoms with Crippen molar-refractivity contribution in [2.45, 2.75) is 30.8 Å². The Bertz CT molecular complexity index is 726. The van der Waals surface area contributed by atoms with Crippen LogP contribution in [0.2, 0.25) is 0 Å². The topological polar surface area (TPSA) is 48.0 Å². The smallest absolute Gasteiger partial charge is 0.231 e. The fourth-order valence-electron chi connectivity index (χ4n) is 4.62. The van der Waals surface area contributed by atoms with E-state index < -0.39 is 0 Å². The molecule has 0 saturated carbocycles. The Balaban J connectivity index is 1.79. The van der Waals surface area contributed by atoms with E-state index in [9.17, 15) is 4.79 Å². The van der Waals surface area contributed by atoms with Crippen molar-refractivity contribution < 1.29 is 19.0 Å². The van der Waals surface area contributed by atoms with Gasteiger partial charge in [0.2, 0.25) is 12.5 Å². The molecule has 0 radical (unpaired) electrons. The lowest BCUT2D eigenvalue weighted by Gasteiger charge is -2.44. The molecule has 2 bridgehead atoms. The number of rotatable bonds is 1. The number of carbonyl (C=O) groups is 1. The van der Waals surface area contributed by atoms with Gasteiger partial charge in [0.1, 0.15) is 0 Å². The minimum absolute atomic E-state index is 0.0875. The Morgan fingerprint density at radius 3 is 3.18 bits per heavy atom. The lowest BCUT2D eigenvalue weighted by atomic mass is 9.66. The van der Waals surface area contributed by atoms with Gasteiger partial charge in [0.25, 0.3) is 0 Å². The molecule has 114 valence electrons. The molecule has 4 aliphatic rings. The van der Waals surface area contributed by atoms with Crippen molar-refractivity contribution in [2.75, 3.05) is 20.4 Å². The zero-order valence-electron chi connectivity index (χ0n) is 12.4. The van der Waals surface area contributed by atoms with Gasteiger partial charge in [-0.25, -0.2) is 0 Å². The number of nitrogens with zero attached hydrogens (tertiary/aromatic N) is 1. The maximum atomic E-state index is 11.9. The first-order valence-corrected chi connectivity index (χ1v) is 7.69. The van der Waals surface area contributed by atoms with Crippen LogP contribution >= 0.6 is 0 Å². The molecule has 1 aliphatic carbocycles. The second-order valence-electron chi connectivity index (χ2n) is 6.45. The average molecular weight is 299 g/mol. The molecule has 1 aromatic rings. The van der Waals surface area contributed by atoms with Crippen molar-refractivity contribution in [1.29, 1.82) is 0 Å². The summed E-state index contributed by atoms with van der Waals surface area (Å²) < 4.78 is 16.8. The van der Waals surface area contributed by atoms with Gasteiger partial charge in [-0.05, 0) is 24.1 Å². The highest BCUT2D eigenvalue weighted by Gasteiger charge is 2.54. The fourth-order valence-corrected chi connectivity index (χ4v) is 4.62. The van der Waals surface area contributed by atoms with Crippen molar-refractivity contribution in [3.05, 3.63) is 29.3 Å². The third kappa shape index (κ3) is 1.35. The second kappa shape index (κ2) is 4.04. The summed E-state index contributed by atoms with van der Waals surface area (Å²) >= 11 is 0. The number of fused-ring (bicyclic) bond motifs is 2. The summed E-state index contributed by atoms with van der Waals surface area (Å²) in [7, 11) is 1.68. The van der Waals surface area contributed by atoms with Crippen molar-refractivity contribution in [1.82, 2.24) is 4.90 Å². The van der Waals surface area contributed by atoms with Crippen molar-refractivity contribution >= 4 is 5.78 Å². The van der Waals surface area contributed by atoms with E-state index in [0.717, 1.165) is 31.0 Å². The van der Waals surface area contributed by atoms with Crippen LogP contribution in [0.1, 0.15) is 24.0 Å². The van der Waals surface area contributed by atoms with Crippen molar-refractivity contribution in [2.24, 2.45) is 0 Å². The van der Waals surface area contributed by atoms with Crippen LogP contribution in [-0.2, 0) is 16.8 Å². The number of methoxy groups -OCH3 is 1. The van der Waals surface area contributed by atoms with Crippen LogP contribution in [0, 0.1) is 0 Å². The lowest BCUT2D eigenvalue weighted by Crippen LogP contribution is -2.48. The lowest BCUT2D eigenvalue weighted by molar-refractivity contribution is -0.116. The Kier molecular flexibility index (Phi) is 2.30. The van der Waals surface area contributed by atoms with Crippen LogP contribution in [0.4, 0.5) is 0 Å². The van der Waals surface area contributed by atoms with Crippen molar-refractivity contribution in [3.8, 4) is 17.2 Å². The maximum absolute atomic E-state index is 11.9. The summed E-state index contributed by atoms with van der Waals surface area (Å²) in [4.78, 5) is 14.3. The number of carbonyl (C=O) groups excluding carboxylic acids is 1. The SMILES string of the molecule is COc1c2c(cc3c1OCO3)C13C=CC(=O)CC1N(CC3)C2. The summed E-state index contributed by atoms with van der Waals surface area (Å²) in [5, 5.41) is 0. The van der Waals surface area contributed by atoms with Crippen LogP contribution in [0.15, 0.2) is 18.2 Å². The monoisotopic (exact) mass is 299 g/mol. The van der Waals surface area contributed by atoms with Crippen LogP contribution in [0.25, 0.3) is 0 Å². The molecule has 3 unspecified atom stereocenters. The van der Waals surface area contributed by atoms with Crippen LogP contribution in [0.3, 0.4) is 0 Å². The first-order chi connectivity index (χ1) is 10.7. The van der Waals surface area contributed by atoms with E-state index in [1.54, 1.807) is 13.2 Å². The van der Waals surface area contributed by atoms with Gasteiger partial charge in [0.15, 0.2) is 17.3 Å². The highest BCUT2D eigenvalue weighted by atomic mass is 16.7. The molecule has 0 spiro atoms. The Hall–Kier alpha value is -2.01. The van der Waals surface area contributed by atoms with E-state index in [1.165, 1.54) is 11.1 Å². The number of benzene rings is 1. The third-order valence-corrected chi connectivity index (χ3v) is 5.60. The van der Waals surface area contributed by atoms with E-state index in [0.29, 0.717) is 12.2 Å². The summed E-state index contributed by atoms with van der Waals surface area (Å²) in [5.41, 5.74) is 2.34. The van der Waals surface area contributed by atoms with E-state index in [-0.39, 0.29) is 24.0 Å². The number of ether oxygens (including phenoxy) is 3. The average Bonchev–Trinajstić information content (AvgIpc) is 3.08. The van der Waals surface area contributed by atoms with Gasteiger partial charge in [-0.15, -0.1) is 0 Å². The molecule has 0 aromatic heterocycles. The van der Waals surface area contributed by atoms with E-state index in [4.69, 9.17) is 14.2 Å². The molecule has 22 heavy (non-hydrogen) atoms. The number of hydrogen-bond donors (Lipinski definition) is 0. The second-order valence-corrected chi connectivity index (χ2v) is 6.45. The quantitative estimate of drug-likeness (QED) is 0.791. The fraction of sp³-hybridized carbons (Fsp3) is 0.471. The molecular weight excluding hydrogens is 282 g/mol. The molecule has 3 heterocycles. The summed E-state index contributed by atoms with van der Waals surface area (Å²) in [6, 6.07) is 2.37. The summed E-state index contributed by atoms with van der Waals surface area (Å²) in [6.07, 6.45) is 5.51. The van der Waals surface area contributed by atoms with Gasteiger partial charge >= 0.3 is 0 Å². The normalized spacial score (nSPS) is 33.6. The standard InChI is InChI=1S/C17H17NO4/c1-20-15-11-8-18-5-4-17(3-2-10(19)6-14(17)18)12(11)7-13-16(15)22-9-21-13/h2-3,7,14H,4-6,8-9H2,1H3. The molecule has 3 aliphatic heterocycles. The molecule has 5 rings (SSSR count). The molecule has 1 fully saturated rings. The zero-order chi connectivity index (χ0) is 14.9. The molecule has 0 amide bonds. The predicted molar refractivity (Wildman–Crippen MR) is 78.4 cm³/mol. The number of ketones is 1. The minimum atomic E-state index is -0.0875. The number of hydrogen-bond acceptors (Lipinski definition) is 5. The predicted octanol–water partition coefficient (Wildman–Crippen LogP) is 1.78. The first-order valence-electron chi connectivity index (χ1n) is 7.69. The molecule has 1 saturated heterocycles. The Labute approximate surface area is 128 Å². The highest BCUT2D eigenvalue weighted by molar-refractivity contribution is 5.92. The largest absolute Gasteiger partial charge is 0.492 e. The van der Waals surface area contributed by atoms with Gasteiger partial charge in [0, 0.05) is 36.5 Å².